The van der Waals surface area contributed by atoms with Crippen molar-refractivity contribution in [3.63, 3.8) is 0 Å². The lowest BCUT2D eigenvalue weighted by molar-refractivity contribution is 0.660. The van der Waals surface area contributed by atoms with E-state index < -0.39 is 0 Å². The van der Waals surface area contributed by atoms with Gasteiger partial charge < -0.3 is 9.13 Å². The topological polar surface area (TPSA) is 9.86 Å². The van der Waals surface area contributed by atoms with Gasteiger partial charge in [-0.1, -0.05) is 129 Å². The number of nitrogens with zero attached hydrogens (tertiary/aromatic N) is 2. The van der Waals surface area contributed by atoms with Crippen LogP contribution in [0.1, 0.15) is 25.0 Å². The maximum Gasteiger partial charge on any atom is 0.0641 e. The first-order valence-electron chi connectivity index (χ1n) is 16.5. The van der Waals surface area contributed by atoms with Gasteiger partial charge in [0.05, 0.1) is 22.1 Å². The van der Waals surface area contributed by atoms with Crippen LogP contribution in [0.2, 0.25) is 0 Å². The van der Waals surface area contributed by atoms with Crippen LogP contribution in [0.5, 0.6) is 0 Å². The average molecular weight is 601 g/mol. The molecule has 2 nitrogen and oxygen atoms in total. The highest BCUT2D eigenvalue weighted by molar-refractivity contribution is 6.26. The van der Waals surface area contributed by atoms with Crippen molar-refractivity contribution in [3.05, 3.63) is 169 Å². The van der Waals surface area contributed by atoms with Gasteiger partial charge in [0.15, 0.2) is 0 Å². The fraction of sp³-hybridized carbons (Fsp3) is 0.0667. The highest BCUT2D eigenvalue weighted by Gasteiger charge is 2.35. The van der Waals surface area contributed by atoms with Gasteiger partial charge >= 0.3 is 0 Å². The van der Waals surface area contributed by atoms with E-state index in [2.05, 4.69) is 181 Å². The molecule has 47 heavy (non-hydrogen) atoms. The maximum atomic E-state index is 2.51. The monoisotopic (exact) mass is 600 g/mol. The van der Waals surface area contributed by atoms with Crippen LogP contribution in [0, 0.1) is 0 Å². The summed E-state index contributed by atoms with van der Waals surface area (Å²) in [7, 11) is 0. The molecule has 0 radical (unpaired) electrons. The molecule has 0 N–H and O–H groups in total. The number of rotatable bonds is 3. The van der Waals surface area contributed by atoms with E-state index in [-0.39, 0.29) is 5.41 Å². The van der Waals surface area contributed by atoms with Crippen molar-refractivity contribution in [2.45, 2.75) is 19.3 Å². The Morgan fingerprint density at radius 1 is 0.404 bits per heavy atom. The molecule has 0 fully saturated rings. The first-order valence-corrected chi connectivity index (χ1v) is 16.5. The number of benzene rings is 7. The zero-order valence-corrected chi connectivity index (χ0v) is 26.4. The van der Waals surface area contributed by atoms with Crippen LogP contribution in [0.25, 0.3) is 77.2 Å². The van der Waals surface area contributed by atoms with Gasteiger partial charge in [0.1, 0.15) is 0 Å². The van der Waals surface area contributed by atoms with E-state index in [9.17, 15) is 0 Å². The molecule has 1 aliphatic carbocycles. The van der Waals surface area contributed by atoms with Gasteiger partial charge in [0.25, 0.3) is 0 Å². The zero-order valence-electron chi connectivity index (χ0n) is 26.4. The van der Waals surface area contributed by atoms with Crippen LogP contribution in [0.3, 0.4) is 0 Å². The summed E-state index contributed by atoms with van der Waals surface area (Å²) in [6.07, 6.45) is 0. The summed E-state index contributed by atoms with van der Waals surface area (Å²) in [6.45, 7) is 4.70. The van der Waals surface area contributed by atoms with E-state index >= 15 is 0 Å². The van der Waals surface area contributed by atoms with Crippen LogP contribution in [-0.2, 0) is 5.41 Å². The Hall–Kier alpha value is -5.86. The largest absolute Gasteiger partial charge is 0.309 e. The van der Waals surface area contributed by atoms with Gasteiger partial charge in [-0.2, -0.15) is 0 Å². The molecule has 0 saturated heterocycles. The summed E-state index contributed by atoms with van der Waals surface area (Å²) in [5.41, 5.74) is 15.1. The lowest BCUT2D eigenvalue weighted by Gasteiger charge is -2.21. The molecule has 2 heterocycles. The molecule has 0 aliphatic heterocycles. The fourth-order valence-corrected chi connectivity index (χ4v) is 8.36. The SMILES string of the molecule is CC1(C)c2ccccc2-c2cc(-n3c4ccccc4c4ccc5c(c6ccccc6n5-c5cccc(-c6ccccc6)c5)c43)ccc21. The van der Waals surface area contributed by atoms with Gasteiger partial charge in [-0.05, 0) is 75.8 Å². The summed E-state index contributed by atoms with van der Waals surface area (Å²) in [4.78, 5) is 0. The number of para-hydroxylation sites is 2. The third kappa shape index (κ3) is 3.61. The lowest BCUT2D eigenvalue weighted by Crippen LogP contribution is -2.14. The Labute approximate surface area is 273 Å². The summed E-state index contributed by atoms with van der Waals surface area (Å²) >= 11 is 0. The molecular weight excluding hydrogens is 569 g/mol. The third-order valence-electron chi connectivity index (χ3n) is 10.5. The third-order valence-corrected chi connectivity index (χ3v) is 10.5. The Balaban J connectivity index is 1.31. The molecule has 222 valence electrons. The second kappa shape index (κ2) is 9.57. The smallest absolute Gasteiger partial charge is 0.0641 e. The maximum absolute atomic E-state index is 2.51. The number of fused-ring (bicyclic) bond motifs is 10. The van der Waals surface area contributed by atoms with E-state index in [1.807, 2.05) is 0 Å². The van der Waals surface area contributed by atoms with Crippen molar-refractivity contribution in [2.24, 2.45) is 0 Å². The molecular formula is C45H32N2. The fourth-order valence-electron chi connectivity index (χ4n) is 8.36. The van der Waals surface area contributed by atoms with Crippen molar-refractivity contribution in [2.75, 3.05) is 0 Å². The Morgan fingerprint density at radius 2 is 1.06 bits per heavy atom. The van der Waals surface area contributed by atoms with Crippen molar-refractivity contribution in [3.8, 4) is 33.6 Å². The minimum Gasteiger partial charge on any atom is -0.309 e. The van der Waals surface area contributed by atoms with Gasteiger partial charge in [0, 0.05) is 38.3 Å². The van der Waals surface area contributed by atoms with E-state index in [1.165, 1.54) is 82.7 Å². The summed E-state index contributed by atoms with van der Waals surface area (Å²) in [5.74, 6) is 0. The van der Waals surface area contributed by atoms with Gasteiger partial charge in [0.2, 0.25) is 0 Å². The van der Waals surface area contributed by atoms with Crippen LogP contribution in [0.4, 0.5) is 0 Å². The minimum absolute atomic E-state index is 0.0275. The molecule has 2 heteroatoms. The molecule has 0 unspecified atom stereocenters. The van der Waals surface area contributed by atoms with E-state index in [0.29, 0.717) is 0 Å². The molecule has 7 aromatic carbocycles. The van der Waals surface area contributed by atoms with E-state index in [1.54, 1.807) is 0 Å². The molecule has 0 spiro atoms. The molecule has 1 aliphatic rings. The van der Waals surface area contributed by atoms with Crippen molar-refractivity contribution in [1.82, 2.24) is 9.13 Å². The Kier molecular flexibility index (Phi) is 5.37. The lowest BCUT2D eigenvalue weighted by atomic mass is 9.82. The molecule has 0 saturated carbocycles. The van der Waals surface area contributed by atoms with Gasteiger partial charge in [-0.25, -0.2) is 0 Å². The normalized spacial score (nSPS) is 13.5. The van der Waals surface area contributed by atoms with Gasteiger partial charge in [-0.15, -0.1) is 0 Å². The van der Waals surface area contributed by atoms with E-state index in [4.69, 9.17) is 0 Å². The molecule has 10 rings (SSSR count). The van der Waals surface area contributed by atoms with Crippen molar-refractivity contribution >= 4 is 43.6 Å². The number of hydrogen-bond acceptors (Lipinski definition) is 0. The van der Waals surface area contributed by atoms with E-state index in [0.717, 1.165) is 5.69 Å². The predicted molar refractivity (Wildman–Crippen MR) is 198 cm³/mol. The summed E-state index contributed by atoms with van der Waals surface area (Å²) in [5, 5.41) is 5.08. The molecule has 2 aromatic heterocycles. The van der Waals surface area contributed by atoms with Gasteiger partial charge in [-0.3, -0.25) is 0 Å². The minimum atomic E-state index is -0.0275. The molecule has 0 atom stereocenters. The Morgan fingerprint density at radius 3 is 1.91 bits per heavy atom. The zero-order chi connectivity index (χ0) is 31.3. The van der Waals surface area contributed by atoms with Crippen molar-refractivity contribution in [1.29, 1.82) is 0 Å². The standard InChI is InChI=1S/C45H32N2/c1-45(2)38-20-9-6-17-33(38)37-28-32(23-25-39(37)45)47-40-21-10-7-18-34(40)35-24-26-42-43(44(35)47)36-19-8-11-22-41(36)46(42)31-16-12-15-30(27-31)29-13-4-3-5-14-29/h3-28H,1-2H3. The van der Waals surface area contributed by atoms with Crippen molar-refractivity contribution < 1.29 is 0 Å². The second-order valence-electron chi connectivity index (χ2n) is 13.4. The quantitative estimate of drug-likeness (QED) is 0.191. The summed E-state index contributed by atoms with van der Waals surface area (Å²) < 4.78 is 4.96. The highest BCUT2D eigenvalue weighted by atomic mass is 15.0. The number of aromatic nitrogens is 2. The van der Waals surface area contributed by atoms with Crippen LogP contribution in [0.15, 0.2) is 158 Å². The predicted octanol–water partition coefficient (Wildman–Crippen LogP) is 11.9. The first-order chi connectivity index (χ1) is 23.1. The Bertz CT molecular complexity index is 2700. The highest BCUT2D eigenvalue weighted by Crippen LogP contribution is 2.50. The second-order valence-corrected chi connectivity index (χ2v) is 13.4. The first kappa shape index (κ1) is 26.4. The summed E-state index contributed by atoms with van der Waals surface area (Å²) in [6, 6.07) is 58.0. The molecule has 0 amide bonds. The molecule has 9 aromatic rings. The van der Waals surface area contributed by atoms with Crippen LogP contribution in [-0.4, -0.2) is 9.13 Å². The van der Waals surface area contributed by atoms with Crippen LogP contribution >= 0.6 is 0 Å². The molecule has 0 bridgehead atoms. The number of hydrogen-bond donors (Lipinski definition) is 0. The van der Waals surface area contributed by atoms with Crippen LogP contribution < -0.4 is 0 Å². The average Bonchev–Trinajstić information content (AvgIpc) is 3.72.